The summed E-state index contributed by atoms with van der Waals surface area (Å²) in [4.78, 5) is 0. The van der Waals surface area contributed by atoms with Crippen molar-refractivity contribution in [1.82, 2.24) is 4.57 Å². The predicted molar refractivity (Wildman–Crippen MR) is 121 cm³/mol. The monoisotopic (exact) mass is 383 g/mol. The minimum atomic E-state index is 1.07. The van der Waals surface area contributed by atoms with Crippen LogP contribution in [0.3, 0.4) is 0 Å². The van der Waals surface area contributed by atoms with Crippen molar-refractivity contribution in [2.75, 3.05) is 0 Å². The summed E-state index contributed by atoms with van der Waals surface area (Å²) in [5.41, 5.74) is 1.27. The van der Waals surface area contributed by atoms with Crippen molar-refractivity contribution in [2.45, 2.75) is 110 Å². The second-order valence-corrected chi connectivity index (χ2v) is 8.21. The first-order valence-electron chi connectivity index (χ1n) is 12.0. The van der Waals surface area contributed by atoms with Gasteiger partial charge >= 0.3 is 0 Å². The lowest BCUT2D eigenvalue weighted by Gasteiger charge is -2.04. The Hall–Kier alpha value is -1.57. The van der Waals surface area contributed by atoms with E-state index in [0.29, 0.717) is 0 Å². The molecule has 0 saturated heterocycles. The Morgan fingerprint density at radius 1 is 0.679 bits per heavy atom. The Balaban J connectivity index is 1.54. The molecule has 0 amide bonds. The molecule has 1 aromatic heterocycles. The first kappa shape index (κ1) is 22.7. The van der Waals surface area contributed by atoms with E-state index in [1.807, 2.05) is 0 Å². The Morgan fingerprint density at radius 3 is 1.75 bits per heavy atom. The van der Waals surface area contributed by atoms with Gasteiger partial charge in [-0.1, -0.05) is 103 Å². The van der Waals surface area contributed by atoms with Crippen LogP contribution in [0.4, 0.5) is 0 Å². The zero-order valence-electron chi connectivity index (χ0n) is 18.5. The average molecular weight is 384 g/mol. The Bertz CT molecular complexity index is 615. The summed E-state index contributed by atoms with van der Waals surface area (Å²) in [6.07, 6.45) is 24.0. The lowest BCUT2D eigenvalue weighted by Crippen LogP contribution is -2.36. The quantitative estimate of drug-likeness (QED) is 0.211. The summed E-state index contributed by atoms with van der Waals surface area (Å²) < 4.78 is 4.79. The highest BCUT2D eigenvalue weighted by Crippen LogP contribution is 2.13. The highest BCUT2D eigenvalue weighted by atomic mass is 15.1. The van der Waals surface area contributed by atoms with E-state index in [0.717, 1.165) is 13.0 Å². The van der Waals surface area contributed by atoms with Crippen LogP contribution >= 0.6 is 0 Å². The van der Waals surface area contributed by atoms with Gasteiger partial charge < -0.3 is 0 Å². The van der Waals surface area contributed by atoms with Crippen molar-refractivity contribution in [1.29, 1.82) is 0 Å². The molecule has 0 fully saturated rings. The van der Waals surface area contributed by atoms with E-state index in [1.165, 1.54) is 95.0 Å². The Labute approximate surface area is 174 Å². The van der Waals surface area contributed by atoms with Crippen molar-refractivity contribution in [3.05, 3.63) is 48.5 Å². The van der Waals surface area contributed by atoms with Crippen molar-refractivity contribution in [3.8, 4) is 5.69 Å². The van der Waals surface area contributed by atoms with E-state index < -0.39 is 0 Å². The molecule has 0 atom stereocenters. The van der Waals surface area contributed by atoms with Crippen LogP contribution in [0.2, 0.25) is 0 Å². The molecule has 0 aliphatic carbocycles. The summed E-state index contributed by atoms with van der Waals surface area (Å²) >= 11 is 0. The Morgan fingerprint density at radius 2 is 1.21 bits per heavy atom. The minimum Gasteiger partial charge on any atom is -0.234 e. The first-order chi connectivity index (χ1) is 13.9. The normalized spacial score (nSPS) is 11.2. The standard InChI is InChI=1S/C26H43N2/c1-3-5-6-7-8-9-10-11-12-13-14-15-19-22-27-23-24-28(26(27)4-2)25-20-17-16-18-21-25/h16-18,20-21,23-24H,3-15,19,22H2,1-2H3/q+1. The van der Waals surface area contributed by atoms with Crippen LogP contribution < -0.4 is 4.57 Å². The fourth-order valence-electron chi connectivity index (χ4n) is 4.16. The van der Waals surface area contributed by atoms with Gasteiger partial charge in [-0.25, -0.2) is 4.57 Å². The number of aromatic nitrogens is 2. The van der Waals surface area contributed by atoms with Gasteiger partial charge in [0.1, 0.15) is 18.1 Å². The average Bonchev–Trinajstić information content (AvgIpc) is 3.15. The number of para-hydroxylation sites is 1. The minimum absolute atomic E-state index is 1.07. The highest BCUT2D eigenvalue weighted by molar-refractivity contribution is 5.31. The number of hydrogen-bond acceptors (Lipinski definition) is 0. The molecule has 156 valence electrons. The lowest BCUT2D eigenvalue weighted by atomic mass is 10.0. The maximum Gasteiger partial charge on any atom is 0.261 e. The topological polar surface area (TPSA) is 8.81 Å². The molecule has 2 aromatic rings. The van der Waals surface area contributed by atoms with E-state index in [-0.39, 0.29) is 0 Å². The van der Waals surface area contributed by atoms with Gasteiger partial charge in [0, 0.05) is 6.42 Å². The zero-order chi connectivity index (χ0) is 19.9. The lowest BCUT2D eigenvalue weighted by molar-refractivity contribution is -0.703. The molecule has 0 N–H and O–H groups in total. The summed E-state index contributed by atoms with van der Waals surface area (Å²) in [7, 11) is 0. The van der Waals surface area contributed by atoms with Gasteiger partial charge in [-0.05, 0) is 25.0 Å². The molecular formula is C26H43N2+. The molecule has 0 spiro atoms. The number of aryl methyl sites for hydroxylation is 1. The number of hydrogen-bond donors (Lipinski definition) is 0. The van der Waals surface area contributed by atoms with E-state index in [9.17, 15) is 0 Å². The second kappa shape index (κ2) is 14.4. The number of nitrogens with zero attached hydrogens (tertiary/aromatic N) is 2. The Kier molecular flexibility index (Phi) is 11.7. The molecule has 0 aliphatic rings. The summed E-state index contributed by atoms with van der Waals surface area (Å²) in [5, 5.41) is 0. The van der Waals surface area contributed by atoms with Gasteiger partial charge in [0.15, 0.2) is 0 Å². The van der Waals surface area contributed by atoms with Crippen LogP contribution in [-0.2, 0) is 13.0 Å². The highest BCUT2D eigenvalue weighted by Gasteiger charge is 2.16. The molecule has 0 saturated carbocycles. The van der Waals surface area contributed by atoms with Crippen molar-refractivity contribution >= 4 is 0 Å². The van der Waals surface area contributed by atoms with E-state index in [1.54, 1.807) is 0 Å². The maximum absolute atomic E-state index is 2.45. The SMILES string of the molecule is CCCCCCCCCCCCCCC[n+]1ccn(-c2ccccc2)c1CC. The van der Waals surface area contributed by atoms with Crippen LogP contribution in [0.25, 0.3) is 5.69 Å². The number of unbranched alkanes of at least 4 members (excludes halogenated alkanes) is 12. The fourth-order valence-corrected chi connectivity index (χ4v) is 4.16. The van der Waals surface area contributed by atoms with E-state index >= 15 is 0 Å². The second-order valence-electron chi connectivity index (χ2n) is 8.21. The van der Waals surface area contributed by atoms with E-state index in [2.05, 4.69) is 65.7 Å². The number of benzene rings is 1. The number of rotatable bonds is 16. The molecule has 1 heterocycles. The van der Waals surface area contributed by atoms with Crippen LogP contribution in [0.5, 0.6) is 0 Å². The van der Waals surface area contributed by atoms with Crippen LogP contribution in [0, 0.1) is 0 Å². The molecule has 2 rings (SSSR count). The third kappa shape index (κ3) is 8.20. The molecule has 2 nitrogen and oxygen atoms in total. The van der Waals surface area contributed by atoms with Gasteiger partial charge in [-0.3, -0.25) is 0 Å². The summed E-state index contributed by atoms with van der Waals surface area (Å²) in [6.45, 7) is 5.71. The smallest absolute Gasteiger partial charge is 0.234 e. The molecule has 0 aliphatic heterocycles. The van der Waals surface area contributed by atoms with Crippen LogP contribution in [0.1, 0.15) is 103 Å². The third-order valence-corrected chi connectivity index (χ3v) is 5.86. The van der Waals surface area contributed by atoms with Gasteiger partial charge in [-0.15, -0.1) is 0 Å². The zero-order valence-corrected chi connectivity index (χ0v) is 18.5. The van der Waals surface area contributed by atoms with Crippen LogP contribution in [0.15, 0.2) is 42.7 Å². The largest absolute Gasteiger partial charge is 0.261 e. The molecular weight excluding hydrogens is 340 g/mol. The van der Waals surface area contributed by atoms with Crippen molar-refractivity contribution < 1.29 is 4.57 Å². The third-order valence-electron chi connectivity index (χ3n) is 5.86. The van der Waals surface area contributed by atoms with Crippen molar-refractivity contribution in [3.63, 3.8) is 0 Å². The fraction of sp³-hybridized carbons (Fsp3) is 0.654. The molecule has 0 bridgehead atoms. The molecule has 0 unspecified atom stereocenters. The van der Waals surface area contributed by atoms with Crippen LogP contribution in [-0.4, -0.2) is 4.57 Å². The van der Waals surface area contributed by atoms with Gasteiger partial charge in [0.25, 0.3) is 5.82 Å². The van der Waals surface area contributed by atoms with Gasteiger partial charge in [0.2, 0.25) is 0 Å². The van der Waals surface area contributed by atoms with Crippen molar-refractivity contribution in [2.24, 2.45) is 0 Å². The summed E-state index contributed by atoms with van der Waals surface area (Å²) in [6, 6.07) is 10.7. The van der Waals surface area contributed by atoms with Gasteiger partial charge in [-0.2, -0.15) is 4.57 Å². The summed E-state index contributed by atoms with van der Waals surface area (Å²) in [5.74, 6) is 1.41. The van der Waals surface area contributed by atoms with Gasteiger partial charge in [0.05, 0.1) is 6.54 Å². The molecule has 28 heavy (non-hydrogen) atoms. The molecule has 1 aromatic carbocycles. The maximum atomic E-state index is 2.45. The van der Waals surface area contributed by atoms with E-state index in [4.69, 9.17) is 0 Å². The predicted octanol–water partition coefficient (Wildman–Crippen LogP) is 7.42. The first-order valence-corrected chi connectivity index (χ1v) is 12.0. The molecule has 0 radical (unpaired) electrons. The molecule has 2 heteroatoms. The number of imidazole rings is 1.